The molecule has 0 bridgehead atoms. The van der Waals surface area contributed by atoms with Gasteiger partial charge in [-0.05, 0) is 19.8 Å². The topological polar surface area (TPSA) is 38.4 Å². The number of nitrogens with zero attached hydrogens (tertiary/aromatic N) is 1. The molecule has 2 N–H and O–H groups in total. The molecular formula is C11H24N2. The predicted molar refractivity (Wildman–Crippen MR) is 60.1 cm³/mol. The number of aliphatic imine (C=N–C) groups is 1. The highest BCUT2D eigenvalue weighted by molar-refractivity contribution is 5.80. The number of rotatable bonds is 7. The average Bonchev–Trinajstić information content (AvgIpc) is 2.05. The summed E-state index contributed by atoms with van der Waals surface area (Å²) < 4.78 is 0. The van der Waals surface area contributed by atoms with Crippen LogP contribution < -0.4 is 5.73 Å². The normalized spacial score (nSPS) is 14.5. The third-order valence-corrected chi connectivity index (χ3v) is 2.12. The van der Waals surface area contributed by atoms with Gasteiger partial charge in [-0.2, -0.15) is 0 Å². The number of nitrogens with two attached hydrogens (primary N) is 1. The molecule has 13 heavy (non-hydrogen) atoms. The summed E-state index contributed by atoms with van der Waals surface area (Å²) in [6, 6.07) is 0.415. The maximum atomic E-state index is 5.74. The number of hydrogen-bond donors (Lipinski definition) is 1. The number of unbranched alkanes of at least 4 members (excludes halogenated alkanes) is 2. The molecule has 0 spiro atoms. The van der Waals surface area contributed by atoms with E-state index in [1.54, 1.807) is 0 Å². The zero-order valence-corrected chi connectivity index (χ0v) is 9.34. The molecule has 0 amide bonds. The molecule has 2 heteroatoms. The molecule has 78 valence electrons. The van der Waals surface area contributed by atoms with Crippen LogP contribution in [0.5, 0.6) is 0 Å². The summed E-state index contributed by atoms with van der Waals surface area (Å²) in [6.45, 7) is 6.50. The second-order valence-electron chi connectivity index (χ2n) is 3.72. The van der Waals surface area contributed by atoms with E-state index >= 15 is 0 Å². The Balaban J connectivity index is 3.58. The van der Waals surface area contributed by atoms with Crippen molar-refractivity contribution < 1.29 is 0 Å². The standard InChI is InChI=1S/C11H24N2/c1-4-6-7-9-10(3)13-11(12)8-5-2/h10H,4-9H2,1-3H3,(H2,12,13). The van der Waals surface area contributed by atoms with Gasteiger partial charge in [0.2, 0.25) is 0 Å². The molecule has 0 fully saturated rings. The van der Waals surface area contributed by atoms with Crippen molar-refractivity contribution in [1.82, 2.24) is 0 Å². The fourth-order valence-corrected chi connectivity index (χ4v) is 1.36. The van der Waals surface area contributed by atoms with Crippen LogP contribution in [0.4, 0.5) is 0 Å². The quantitative estimate of drug-likeness (QED) is 0.368. The van der Waals surface area contributed by atoms with Crippen LogP contribution in [0.1, 0.15) is 59.3 Å². The van der Waals surface area contributed by atoms with Gasteiger partial charge in [0.1, 0.15) is 0 Å². The lowest BCUT2D eigenvalue weighted by atomic mass is 10.1. The smallest absolute Gasteiger partial charge is 0.0940 e. The van der Waals surface area contributed by atoms with Crippen molar-refractivity contribution in [2.24, 2.45) is 10.7 Å². The van der Waals surface area contributed by atoms with Gasteiger partial charge in [0.25, 0.3) is 0 Å². The zero-order valence-electron chi connectivity index (χ0n) is 9.34. The van der Waals surface area contributed by atoms with Crippen LogP contribution in [0.3, 0.4) is 0 Å². The molecule has 2 nitrogen and oxygen atoms in total. The fourth-order valence-electron chi connectivity index (χ4n) is 1.36. The minimum atomic E-state index is 0.415. The molecule has 0 aliphatic heterocycles. The molecule has 0 radical (unpaired) electrons. The maximum Gasteiger partial charge on any atom is 0.0940 e. The number of hydrogen-bond acceptors (Lipinski definition) is 1. The minimum absolute atomic E-state index is 0.415. The molecule has 1 unspecified atom stereocenters. The molecule has 0 aromatic rings. The van der Waals surface area contributed by atoms with Gasteiger partial charge in [-0.3, -0.25) is 4.99 Å². The molecule has 1 atom stereocenters. The third kappa shape index (κ3) is 7.82. The van der Waals surface area contributed by atoms with Gasteiger partial charge in [-0.1, -0.05) is 33.1 Å². The van der Waals surface area contributed by atoms with Crippen molar-refractivity contribution in [3.63, 3.8) is 0 Å². The zero-order chi connectivity index (χ0) is 10.1. The van der Waals surface area contributed by atoms with E-state index in [0.717, 1.165) is 18.7 Å². The van der Waals surface area contributed by atoms with E-state index in [4.69, 9.17) is 5.73 Å². The van der Waals surface area contributed by atoms with Crippen LogP contribution in [0.2, 0.25) is 0 Å². The summed E-state index contributed by atoms with van der Waals surface area (Å²) in [5.41, 5.74) is 5.74. The van der Waals surface area contributed by atoms with E-state index in [-0.39, 0.29) is 0 Å². The summed E-state index contributed by atoms with van der Waals surface area (Å²) in [5.74, 6) is 0.825. The average molecular weight is 184 g/mol. The van der Waals surface area contributed by atoms with Crippen LogP contribution in [0, 0.1) is 0 Å². The molecule has 0 saturated carbocycles. The van der Waals surface area contributed by atoms with Crippen LogP contribution in [0.25, 0.3) is 0 Å². The Labute approximate surface area is 82.6 Å². The molecule has 0 aliphatic carbocycles. The van der Waals surface area contributed by atoms with Gasteiger partial charge in [0, 0.05) is 12.5 Å². The van der Waals surface area contributed by atoms with Crippen LogP contribution >= 0.6 is 0 Å². The van der Waals surface area contributed by atoms with Gasteiger partial charge in [-0.15, -0.1) is 0 Å². The van der Waals surface area contributed by atoms with Crippen molar-refractivity contribution in [1.29, 1.82) is 0 Å². The van der Waals surface area contributed by atoms with E-state index < -0.39 is 0 Å². The lowest BCUT2D eigenvalue weighted by Crippen LogP contribution is -2.14. The fraction of sp³-hybridized carbons (Fsp3) is 0.909. The van der Waals surface area contributed by atoms with Gasteiger partial charge in [0.15, 0.2) is 0 Å². The Morgan fingerprint density at radius 2 is 1.92 bits per heavy atom. The maximum absolute atomic E-state index is 5.74. The monoisotopic (exact) mass is 184 g/mol. The second kappa shape index (κ2) is 8.09. The van der Waals surface area contributed by atoms with Crippen LogP contribution in [-0.2, 0) is 0 Å². The summed E-state index contributed by atoms with van der Waals surface area (Å²) in [5, 5.41) is 0. The van der Waals surface area contributed by atoms with E-state index in [0.29, 0.717) is 6.04 Å². The predicted octanol–water partition coefficient (Wildman–Crippen LogP) is 3.11. The SMILES string of the molecule is CCCCCC(C)N=C(N)CCC. The lowest BCUT2D eigenvalue weighted by Gasteiger charge is -2.07. The second-order valence-corrected chi connectivity index (χ2v) is 3.72. The van der Waals surface area contributed by atoms with Gasteiger partial charge in [-0.25, -0.2) is 0 Å². The van der Waals surface area contributed by atoms with E-state index in [9.17, 15) is 0 Å². The Kier molecular flexibility index (Phi) is 7.76. The van der Waals surface area contributed by atoms with Crippen molar-refractivity contribution in [2.75, 3.05) is 0 Å². The number of amidine groups is 1. The largest absolute Gasteiger partial charge is 0.387 e. The lowest BCUT2D eigenvalue weighted by molar-refractivity contribution is 0.592. The highest BCUT2D eigenvalue weighted by Crippen LogP contribution is 2.06. The first-order valence-corrected chi connectivity index (χ1v) is 5.52. The highest BCUT2D eigenvalue weighted by Gasteiger charge is 1.99. The molecule has 0 heterocycles. The molecule has 0 aromatic heterocycles. The summed E-state index contributed by atoms with van der Waals surface area (Å²) in [7, 11) is 0. The van der Waals surface area contributed by atoms with Crippen molar-refractivity contribution in [3.05, 3.63) is 0 Å². The Hall–Kier alpha value is -0.530. The van der Waals surface area contributed by atoms with Gasteiger partial charge in [0.05, 0.1) is 5.84 Å². The Bertz CT molecular complexity index is 141. The summed E-state index contributed by atoms with van der Waals surface area (Å²) in [6.07, 6.45) is 7.09. The third-order valence-electron chi connectivity index (χ3n) is 2.12. The van der Waals surface area contributed by atoms with Crippen LogP contribution in [-0.4, -0.2) is 11.9 Å². The van der Waals surface area contributed by atoms with Crippen molar-refractivity contribution in [3.8, 4) is 0 Å². The van der Waals surface area contributed by atoms with Crippen molar-refractivity contribution in [2.45, 2.75) is 65.3 Å². The summed E-state index contributed by atoms with van der Waals surface area (Å²) >= 11 is 0. The molecule has 0 rings (SSSR count). The highest BCUT2D eigenvalue weighted by atomic mass is 14.9. The molecule has 0 aliphatic rings. The van der Waals surface area contributed by atoms with Crippen molar-refractivity contribution >= 4 is 5.84 Å². The van der Waals surface area contributed by atoms with Gasteiger partial charge < -0.3 is 5.73 Å². The Morgan fingerprint density at radius 3 is 2.46 bits per heavy atom. The molecular weight excluding hydrogens is 160 g/mol. The Morgan fingerprint density at radius 1 is 1.23 bits per heavy atom. The first kappa shape index (κ1) is 12.5. The van der Waals surface area contributed by atoms with E-state index in [1.165, 1.54) is 25.7 Å². The summed E-state index contributed by atoms with van der Waals surface area (Å²) in [4.78, 5) is 4.43. The van der Waals surface area contributed by atoms with Gasteiger partial charge >= 0.3 is 0 Å². The minimum Gasteiger partial charge on any atom is -0.387 e. The van der Waals surface area contributed by atoms with E-state index in [2.05, 4.69) is 25.8 Å². The van der Waals surface area contributed by atoms with Crippen LogP contribution in [0.15, 0.2) is 4.99 Å². The first-order chi connectivity index (χ1) is 6.20. The van der Waals surface area contributed by atoms with E-state index in [1.807, 2.05) is 0 Å². The first-order valence-electron chi connectivity index (χ1n) is 5.52. The molecule has 0 aromatic carbocycles. The molecule has 0 saturated heterocycles.